The molecule has 20 heavy (non-hydrogen) atoms. The number of aromatic nitrogens is 1. The van der Waals surface area contributed by atoms with Gasteiger partial charge in [-0.3, -0.25) is 14.6 Å². The lowest BCUT2D eigenvalue weighted by Gasteiger charge is -2.39. The van der Waals surface area contributed by atoms with Crippen LogP contribution in [0.15, 0.2) is 18.3 Å². The molecule has 0 spiro atoms. The molecule has 3 rings (SSSR count). The van der Waals surface area contributed by atoms with Crippen LogP contribution in [0.2, 0.25) is 0 Å². The summed E-state index contributed by atoms with van der Waals surface area (Å²) in [6, 6.07) is 4.08. The average Bonchev–Trinajstić information content (AvgIpc) is 2.41. The number of carbonyl (C=O) groups is 2. The van der Waals surface area contributed by atoms with Crippen LogP contribution in [0.3, 0.4) is 0 Å². The summed E-state index contributed by atoms with van der Waals surface area (Å²) in [7, 11) is 0. The largest absolute Gasteiger partial charge is 0.349 e. The van der Waals surface area contributed by atoms with E-state index >= 15 is 0 Å². The third-order valence-electron chi connectivity index (χ3n) is 4.18. The van der Waals surface area contributed by atoms with Gasteiger partial charge in [0.25, 0.3) is 0 Å². The molecule has 1 unspecified atom stereocenters. The second-order valence-corrected chi connectivity index (χ2v) is 5.62. The van der Waals surface area contributed by atoms with Crippen molar-refractivity contribution in [2.75, 3.05) is 13.1 Å². The van der Waals surface area contributed by atoms with Crippen LogP contribution in [0, 0.1) is 0 Å². The number of hydrogen-bond donors (Lipinski definition) is 1. The Morgan fingerprint density at radius 1 is 1.40 bits per heavy atom. The first-order valence-corrected chi connectivity index (χ1v) is 7.15. The number of hydrogen-bond acceptors (Lipinski definition) is 3. The molecule has 0 aromatic carbocycles. The highest BCUT2D eigenvalue weighted by atomic mass is 16.2. The first-order valence-electron chi connectivity index (χ1n) is 7.15. The minimum atomic E-state index is -0.133. The second-order valence-electron chi connectivity index (χ2n) is 5.62. The fourth-order valence-corrected chi connectivity index (χ4v) is 2.99. The second kappa shape index (κ2) is 5.23. The molecule has 1 aliphatic heterocycles. The molecule has 2 aliphatic rings. The third-order valence-corrected chi connectivity index (χ3v) is 4.18. The summed E-state index contributed by atoms with van der Waals surface area (Å²) >= 11 is 0. The molecule has 5 nitrogen and oxygen atoms in total. The zero-order chi connectivity index (χ0) is 14.1. The fraction of sp³-hybridized carbons (Fsp3) is 0.533. The summed E-state index contributed by atoms with van der Waals surface area (Å²) in [4.78, 5) is 29.6. The molecule has 1 saturated heterocycles. The van der Waals surface area contributed by atoms with E-state index in [1.165, 1.54) is 5.56 Å². The summed E-state index contributed by atoms with van der Waals surface area (Å²) in [5.74, 6) is -0.00985. The minimum Gasteiger partial charge on any atom is -0.349 e. The van der Waals surface area contributed by atoms with Gasteiger partial charge in [-0.1, -0.05) is 6.07 Å². The van der Waals surface area contributed by atoms with Crippen molar-refractivity contribution in [2.24, 2.45) is 0 Å². The molecule has 1 aromatic heterocycles. The molecule has 1 aliphatic carbocycles. The molecular weight excluding hydrogens is 254 g/mol. The number of carbonyl (C=O) groups excluding carboxylic acids is 2. The lowest BCUT2D eigenvalue weighted by Crippen LogP contribution is -2.61. The quantitative estimate of drug-likeness (QED) is 0.869. The number of rotatable bonds is 2. The van der Waals surface area contributed by atoms with Crippen LogP contribution in [0.25, 0.3) is 0 Å². The number of likely N-dealkylation sites (tertiary alicyclic amines) is 1. The molecule has 5 heteroatoms. The highest BCUT2D eigenvalue weighted by Crippen LogP contribution is 2.30. The predicted octanol–water partition coefficient (Wildman–Crippen LogP) is 0.848. The molecular formula is C15H19N3O2. The summed E-state index contributed by atoms with van der Waals surface area (Å²) in [6.07, 6.45) is 4.65. The molecule has 2 heterocycles. The van der Waals surface area contributed by atoms with Crippen molar-refractivity contribution in [3.05, 3.63) is 29.6 Å². The van der Waals surface area contributed by atoms with Gasteiger partial charge >= 0.3 is 0 Å². The summed E-state index contributed by atoms with van der Waals surface area (Å²) in [5, 5.41) is 3.04. The van der Waals surface area contributed by atoms with Crippen LogP contribution in [0.5, 0.6) is 0 Å². The van der Waals surface area contributed by atoms with E-state index in [4.69, 9.17) is 0 Å². The van der Waals surface area contributed by atoms with E-state index in [9.17, 15) is 9.59 Å². The zero-order valence-corrected chi connectivity index (χ0v) is 11.6. The Kier molecular flexibility index (Phi) is 3.42. The smallest absolute Gasteiger partial charge is 0.229 e. The van der Waals surface area contributed by atoms with E-state index in [0.717, 1.165) is 25.0 Å². The Hall–Kier alpha value is -1.91. The first kappa shape index (κ1) is 13.1. The number of nitrogens with one attached hydrogen (secondary N) is 1. The lowest BCUT2D eigenvalue weighted by molar-refractivity contribution is -0.136. The number of nitrogens with zero attached hydrogens (tertiary/aromatic N) is 2. The maximum atomic E-state index is 12.4. The van der Waals surface area contributed by atoms with E-state index < -0.39 is 0 Å². The van der Waals surface area contributed by atoms with Crippen molar-refractivity contribution in [1.82, 2.24) is 15.2 Å². The van der Waals surface area contributed by atoms with Gasteiger partial charge in [-0.2, -0.15) is 0 Å². The van der Waals surface area contributed by atoms with E-state index in [1.807, 2.05) is 6.07 Å². The minimum absolute atomic E-state index is 0.0536. The van der Waals surface area contributed by atoms with Crippen LogP contribution in [0.4, 0.5) is 0 Å². The molecule has 0 saturated carbocycles. The maximum Gasteiger partial charge on any atom is 0.229 e. The van der Waals surface area contributed by atoms with Gasteiger partial charge in [-0.05, 0) is 30.9 Å². The van der Waals surface area contributed by atoms with Crippen molar-refractivity contribution < 1.29 is 9.59 Å². The van der Waals surface area contributed by atoms with Gasteiger partial charge in [0.05, 0.1) is 17.7 Å². The summed E-state index contributed by atoms with van der Waals surface area (Å²) in [6.45, 7) is 2.81. The molecule has 0 bridgehead atoms. The van der Waals surface area contributed by atoms with E-state index in [2.05, 4.69) is 16.4 Å². The van der Waals surface area contributed by atoms with Crippen molar-refractivity contribution >= 4 is 11.8 Å². The van der Waals surface area contributed by atoms with E-state index in [1.54, 1.807) is 18.0 Å². The number of amides is 2. The highest BCUT2D eigenvalue weighted by molar-refractivity contribution is 5.84. The number of aryl methyl sites for hydroxylation is 1. The molecule has 0 radical (unpaired) electrons. The molecule has 1 atom stereocenters. The van der Waals surface area contributed by atoms with Crippen LogP contribution in [-0.2, 0) is 16.0 Å². The standard InChI is InChI=1S/C15H19N3O2/c1-10(19)18-8-12(9-18)17-15(20)13-6-2-4-11-5-3-7-16-14(11)13/h3,5,7,12-13H,2,4,6,8-9H2,1H3,(H,17,20). The molecule has 1 N–H and O–H groups in total. The first-order chi connectivity index (χ1) is 9.65. The Bertz CT molecular complexity index is 538. The van der Waals surface area contributed by atoms with Gasteiger partial charge in [0.15, 0.2) is 0 Å². The lowest BCUT2D eigenvalue weighted by atomic mass is 9.86. The summed E-state index contributed by atoms with van der Waals surface area (Å²) < 4.78 is 0. The predicted molar refractivity (Wildman–Crippen MR) is 74.1 cm³/mol. The normalized spacial score (nSPS) is 21.9. The van der Waals surface area contributed by atoms with Crippen molar-refractivity contribution in [3.63, 3.8) is 0 Å². The Balaban J connectivity index is 1.63. The number of fused-ring (bicyclic) bond motifs is 1. The van der Waals surface area contributed by atoms with Crippen molar-refractivity contribution in [2.45, 2.75) is 38.1 Å². The van der Waals surface area contributed by atoms with Gasteiger partial charge < -0.3 is 10.2 Å². The Morgan fingerprint density at radius 2 is 2.20 bits per heavy atom. The van der Waals surface area contributed by atoms with E-state index in [-0.39, 0.29) is 23.8 Å². The fourth-order valence-electron chi connectivity index (χ4n) is 2.99. The van der Waals surface area contributed by atoms with Crippen molar-refractivity contribution in [3.8, 4) is 0 Å². The zero-order valence-electron chi connectivity index (χ0n) is 11.6. The average molecular weight is 273 g/mol. The van der Waals surface area contributed by atoms with Crippen LogP contribution >= 0.6 is 0 Å². The SMILES string of the molecule is CC(=O)N1CC(NC(=O)C2CCCc3cccnc32)C1. The van der Waals surface area contributed by atoms with Crippen LogP contribution in [0.1, 0.15) is 36.9 Å². The van der Waals surface area contributed by atoms with Gasteiger partial charge in [0.2, 0.25) is 11.8 Å². The van der Waals surface area contributed by atoms with Crippen LogP contribution < -0.4 is 5.32 Å². The monoisotopic (exact) mass is 273 g/mol. The Labute approximate surface area is 118 Å². The molecule has 1 fully saturated rings. The van der Waals surface area contributed by atoms with Crippen molar-refractivity contribution in [1.29, 1.82) is 0 Å². The van der Waals surface area contributed by atoms with Gasteiger partial charge in [-0.15, -0.1) is 0 Å². The van der Waals surface area contributed by atoms with Gasteiger partial charge in [0, 0.05) is 26.2 Å². The summed E-state index contributed by atoms with van der Waals surface area (Å²) in [5.41, 5.74) is 2.12. The number of pyridine rings is 1. The van der Waals surface area contributed by atoms with E-state index in [0.29, 0.717) is 13.1 Å². The van der Waals surface area contributed by atoms with Crippen LogP contribution in [-0.4, -0.2) is 40.8 Å². The Morgan fingerprint density at radius 3 is 2.95 bits per heavy atom. The molecule has 2 amide bonds. The van der Waals surface area contributed by atoms with Gasteiger partial charge in [-0.25, -0.2) is 0 Å². The van der Waals surface area contributed by atoms with Gasteiger partial charge in [0.1, 0.15) is 0 Å². The maximum absolute atomic E-state index is 12.4. The topological polar surface area (TPSA) is 62.3 Å². The highest BCUT2D eigenvalue weighted by Gasteiger charge is 2.33. The molecule has 1 aromatic rings. The molecule has 106 valence electrons. The third kappa shape index (κ3) is 2.40.